The molecule has 1 unspecified atom stereocenters. The molecule has 0 bridgehead atoms. The van der Waals surface area contributed by atoms with E-state index in [1.807, 2.05) is 24.4 Å². The molecule has 0 spiro atoms. The molecule has 6 nitrogen and oxygen atoms in total. The summed E-state index contributed by atoms with van der Waals surface area (Å²) >= 11 is 0. The van der Waals surface area contributed by atoms with Gasteiger partial charge in [0.25, 0.3) is 0 Å². The van der Waals surface area contributed by atoms with Gasteiger partial charge in [-0.3, -0.25) is 9.20 Å². The minimum absolute atomic E-state index is 0.286. The van der Waals surface area contributed by atoms with E-state index in [4.69, 9.17) is 0 Å². The van der Waals surface area contributed by atoms with Crippen LogP contribution in [0, 0.1) is 5.92 Å². The monoisotopic (exact) mass is 341 g/mol. The molecule has 0 aliphatic carbocycles. The molecule has 2 fully saturated rings. The Kier molecular flexibility index (Phi) is 4.97. The number of pyridine rings is 1. The van der Waals surface area contributed by atoms with Crippen molar-refractivity contribution in [1.29, 1.82) is 0 Å². The van der Waals surface area contributed by atoms with E-state index < -0.39 is 0 Å². The van der Waals surface area contributed by atoms with Crippen molar-refractivity contribution in [2.24, 2.45) is 5.92 Å². The summed E-state index contributed by atoms with van der Waals surface area (Å²) in [4.78, 5) is 14.7. The molecule has 2 saturated heterocycles. The maximum absolute atomic E-state index is 12.7. The highest BCUT2D eigenvalue weighted by Crippen LogP contribution is 2.27. The fraction of sp³-hybridized carbons (Fsp3) is 0.632. The van der Waals surface area contributed by atoms with Gasteiger partial charge in [0.1, 0.15) is 5.82 Å². The predicted octanol–water partition coefficient (Wildman–Crippen LogP) is 2.22. The lowest BCUT2D eigenvalue weighted by Crippen LogP contribution is -2.39. The van der Waals surface area contributed by atoms with Gasteiger partial charge < -0.3 is 10.2 Å². The summed E-state index contributed by atoms with van der Waals surface area (Å²) in [7, 11) is 0. The molecule has 134 valence electrons. The van der Waals surface area contributed by atoms with Gasteiger partial charge in [-0.2, -0.15) is 0 Å². The lowest BCUT2D eigenvalue weighted by atomic mass is 9.92. The minimum atomic E-state index is 0.286. The molecule has 1 N–H and O–H groups in total. The molecule has 4 rings (SSSR count). The van der Waals surface area contributed by atoms with E-state index in [1.165, 1.54) is 12.8 Å². The van der Waals surface area contributed by atoms with Crippen LogP contribution in [0.15, 0.2) is 24.4 Å². The number of nitrogens with one attached hydrogen (secondary N) is 1. The van der Waals surface area contributed by atoms with Crippen LogP contribution in [0.2, 0.25) is 0 Å². The van der Waals surface area contributed by atoms with Crippen LogP contribution in [0.5, 0.6) is 0 Å². The Morgan fingerprint density at radius 3 is 2.96 bits per heavy atom. The average Bonchev–Trinajstić information content (AvgIpc) is 3.11. The molecule has 0 aromatic carbocycles. The second-order valence-electron chi connectivity index (χ2n) is 7.40. The molecule has 4 heterocycles. The molecule has 1 amide bonds. The van der Waals surface area contributed by atoms with E-state index in [1.54, 1.807) is 0 Å². The second kappa shape index (κ2) is 7.52. The summed E-state index contributed by atoms with van der Waals surface area (Å²) < 4.78 is 2.06. The molecule has 2 aromatic rings. The van der Waals surface area contributed by atoms with Crippen LogP contribution in [0.3, 0.4) is 0 Å². The third kappa shape index (κ3) is 3.68. The quantitative estimate of drug-likeness (QED) is 0.926. The number of aromatic nitrogens is 3. The number of hydrogen-bond acceptors (Lipinski definition) is 4. The molecule has 25 heavy (non-hydrogen) atoms. The van der Waals surface area contributed by atoms with Crippen molar-refractivity contribution in [3.63, 3.8) is 0 Å². The SMILES string of the molecule is O=C(CCC1CCNCC1)N1CCCC(c2nnc3ccccn23)C1. The first-order chi connectivity index (χ1) is 12.3. The van der Waals surface area contributed by atoms with E-state index in [-0.39, 0.29) is 5.92 Å². The Morgan fingerprint density at radius 1 is 1.20 bits per heavy atom. The summed E-state index contributed by atoms with van der Waals surface area (Å²) in [6.07, 6.45) is 8.29. The van der Waals surface area contributed by atoms with Gasteiger partial charge in [0.2, 0.25) is 5.91 Å². The van der Waals surface area contributed by atoms with Crippen molar-refractivity contribution in [2.75, 3.05) is 26.2 Å². The Morgan fingerprint density at radius 2 is 2.08 bits per heavy atom. The average molecular weight is 341 g/mol. The third-order valence-corrected chi connectivity index (χ3v) is 5.70. The number of nitrogens with zero attached hydrogens (tertiary/aromatic N) is 4. The Balaban J connectivity index is 1.38. The second-order valence-corrected chi connectivity index (χ2v) is 7.40. The van der Waals surface area contributed by atoms with Gasteiger partial charge in [-0.1, -0.05) is 6.07 Å². The van der Waals surface area contributed by atoms with E-state index in [0.717, 1.165) is 56.9 Å². The summed E-state index contributed by atoms with van der Waals surface area (Å²) in [5.41, 5.74) is 0.881. The summed E-state index contributed by atoms with van der Waals surface area (Å²) in [6.45, 7) is 3.87. The smallest absolute Gasteiger partial charge is 0.222 e. The van der Waals surface area contributed by atoms with Crippen LogP contribution < -0.4 is 5.32 Å². The number of rotatable bonds is 4. The molecule has 2 aliphatic rings. The van der Waals surface area contributed by atoms with Crippen LogP contribution in [0.1, 0.15) is 50.3 Å². The largest absolute Gasteiger partial charge is 0.342 e. The summed E-state index contributed by atoms with van der Waals surface area (Å²) in [5.74, 6) is 2.31. The molecule has 0 saturated carbocycles. The first kappa shape index (κ1) is 16.5. The highest BCUT2D eigenvalue weighted by atomic mass is 16.2. The lowest BCUT2D eigenvalue weighted by Gasteiger charge is -2.32. The Hall–Kier alpha value is -1.95. The molecule has 2 aromatic heterocycles. The topological polar surface area (TPSA) is 62.5 Å². The lowest BCUT2D eigenvalue weighted by molar-refractivity contribution is -0.132. The van der Waals surface area contributed by atoms with Crippen LogP contribution in [0.25, 0.3) is 5.65 Å². The van der Waals surface area contributed by atoms with Gasteiger partial charge in [0.05, 0.1) is 0 Å². The van der Waals surface area contributed by atoms with E-state index in [9.17, 15) is 4.79 Å². The van der Waals surface area contributed by atoms with Crippen molar-refractivity contribution in [3.8, 4) is 0 Å². The zero-order valence-electron chi connectivity index (χ0n) is 14.7. The van der Waals surface area contributed by atoms with Crippen molar-refractivity contribution in [2.45, 2.75) is 44.4 Å². The van der Waals surface area contributed by atoms with Crippen LogP contribution in [0.4, 0.5) is 0 Å². The fourth-order valence-corrected chi connectivity index (χ4v) is 4.21. The first-order valence-electron chi connectivity index (χ1n) is 9.59. The van der Waals surface area contributed by atoms with Crippen LogP contribution in [-0.4, -0.2) is 51.6 Å². The number of carbonyl (C=O) groups is 1. The van der Waals surface area contributed by atoms with Crippen molar-refractivity contribution < 1.29 is 4.79 Å². The van der Waals surface area contributed by atoms with Gasteiger partial charge >= 0.3 is 0 Å². The highest BCUT2D eigenvalue weighted by molar-refractivity contribution is 5.76. The van der Waals surface area contributed by atoms with Gasteiger partial charge in [-0.25, -0.2) is 0 Å². The number of piperidine rings is 2. The van der Waals surface area contributed by atoms with Gasteiger partial charge in [-0.05, 0) is 63.2 Å². The molecular formula is C19H27N5O. The van der Waals surface area contributed by atoms with Crippen LogP contribution >= 0.6 is 0 Å². The van der Waals surface area contributed by atoms with E-state index >= 15 is 0 Å². The van der Waals surface area contributed by atoms with Gasteiger partial charge in [-0.15, -0.1) is 10.2 Å². The number of fused-ring (bicyclic) bond motifs is 1. The Labute approximate surface area is 148 Å². The standard InChI is InChI=1S/C19H27N5O/c25-18(7-6-15-8-10-20-11-9-15)23-12-3-4-16(14-23)19-22-21-17-5-1-2-13-24(17)19/h1-2,5,13,15-16,20H,3-4,6-12,14H2. The van der Waals surface area contributed by atoms with Crippen LogP contribution in [-0.2, 0) is 4.79 Å². The van der Waals surface area contributed by atoms with Crippen molar-refractivity contribution in [1.82, 2.24) is 24.8 Å². The molecule has 1 atom stereocenters. The van der Waals surface area contributed by atoms with E-state index in [0.29, 0.717) is 18.2 Å². The first-order valence-corrected chi connectivity index (χ1v) is 9.59. The molecule has 2 aliphatic heterocycles. The highest BCUT2D eigenvalue weighted by Gasteiger charge is 2.28. The van der Waals surface area contributed by atoms with Crippen molar-refractivity contribution in [3.05, 3.63) is 30.2 Å². The Bertz CT molecular complexity index is 721. The zero-order chi connectivity index (χ0) is 17.1. The van der Waals surface area contributed by atoms with E-state index in [2.05, 4.69) is 24.8 Å². The summed E-state index contributed by atoms with van der Waals surface area (Å²) in [6, 6.07) is 5.96. The normalized spacial score (nSPS) is 22.4. The van der Waals surface area contributed by atoms with Gasteiger partial charge in [0, 0.05) is 31.6 Å². The number of hydrogen-bond donors (Lipinski definition) is 1. The molecule has 6 heteroatoms. The minimum Gasteiger partial charge on any atom is -0.342 e. The molecular weight excluding hydrogens is 314 g/mol. The predicted molar refractivity (Wildman–Crippen MR) is 96.4 cm³/mol. The molecule has 0 radical (unpaired) electrons. The zero-order valence-corrected chi connectivity index (χ0v) is 14.7. The third-order valence-electron chi connectivity index (χ3n) is 5.70. The maximum Gasteiger partial charge on any atom is 0.222 e. The number of likely N-dealkylation sites (tertiary alicyclic amines) is 1. The summed E-state index contributed by atoms with van der Waals surface area (Å²) in [5, 5.41) is 12.1. The van der Waals surface area contributed by atoms with Gasteiger partial charge in [0.15, 0.2) is 5.65 Å². The fourth-order valence-electron chi connectivity index (χ4n) is 4.21. The number of carbonyl (C=O) groups excluding carboxylic acids is 1. The maximum atomic E-state index is 12.7. The van der Waals surface area contributed by atoms with Crippen molar-refractivity contribution >= 4 is 11.6 Å². The number of amides is 1.